The standard InChI is InChI=1S/C17H11F7N2O3S/c18-15(19)10-5-9(2-1-8(10)6-25)26-7-12(30(28,29)17(22,23)24)13-11(26)3-4-16(20,21)14(13)27/h1-2,5,7,14-15,27H,3-4H2/t14-/m0/s1. The van der Waals surface area contributed by atoms with Crippen LogP contribution in [0.4, 0.5) is 30.7 Å². The van der Waals surface area contributed by atoms with Crippen molar-refractivity contribution in [3.63, 3.8) is 0 Å². The van der Waals surface area contributed by atoms with Gasteiger partial charge in [0.1, 0.15) is 11.0 Å². The number of aromatic nitrogens is 1. The van der Waals surface area contributed by atoms with Gasteiger partial charge in [0.15, 0.2) is 0 Å². The van der Waals surface area contributed by atoms with E-state index in [9.17, 15) is 44.3 Å². The van der Waals surface area contributed by atoms with Crippen LogP contribution in [0, 0.1) is 11.3 Å². The Morgan fingerprint density at radius 3 is 2.43 bits per heavy atom. The maximum absolute atomic E-state index is 14.0. The van der Waals surface area contributed by atoms with Crippen LogP contribution in [0.15, 0.2) is 29.3 Å². The number of fused-ring (bicyclic) bond motifs is 1. The average molecular weight is 456 g/mol. The Balaban J connectivity index is 2.34. The van der Waals surface area contributed by atoms with Gasteiger partial charge in [0.05, 0.1) is 11.6 Å². The van der Waals surface area contributed by atoms with E-state index < -0.39 is 68.2 Å². The Labute approximate surface area is 164 Å². The lowest BCUT2D eigenvalue weighted by Gasteiger charge is -2.29. The molecule has 0 aliphatic heterocycles. The van der Waals surface area contributed by atoms with Crippen molar-refractivity contribution in [1.82, 2.24) is 4.57 Å². The van der Waals surface area contributed by atoms with Crippen molar-refractivity contribution in [2.45, 2.75) is 41.7 Å². The van der Waals surface area contributed by atoms with Crippen molar-refractivity contribution in [1.29, 1.82) is 5.26 Å². The molecule has 0 radical (unpaired) electrons. The van der Waals surface area contributed by atoms with E-state index in [-0.39, 0.29) is 11.4 Å². The predicted molar refractivity (Wildman–Crippen MR) is 86.9 cm³/mol. The molecule has 1 aliphatic rings. The maximum Gasteiger partial charge on any atom is 0.501 e. The average Bonchev–Trinajstić information content (AvgIpc) is 3.04. The topological polar surface area (TPSA) is 83.1 Å². The quantitative estimate of drug-likeness (QED) is 0.702. The van der Waals surface area contributed by atoms with E-state index in [2.05, 4.69) is 0 Å². The zero-order valence-corrected chi connectivity index (χ0v) is 15.4. The summed E-state index contributed by atoms with van der Waals surface area (Å²) in [6.07, 6.45) is -7.25. The van der Waals surface area contributed by atoms with Crippen LogP contribution in [0.25, 0.3) is 5.69 Å². The molecule has 13 heteroatoms. The summed E-state index contributed by atoms with van der Waals surface area (Å²) in [6.45, 7) is 0. The van der Waals surface area contributed by atoms with Gasteiger partial charge in [0.25, 0.3) is 22.2 Å². The minimum Gasteiger partial charge on any atom is -0.382 e. The second-order valence-electron chi connectivity index (χ2n) is 6.52. The molecule has 162 valence electrons. The number of sulfone groups is 1. The summed E-state index contributed by atoms with van der Waals surface area (Å²) in [7, 11) is -6.14. The molecular formula is C17H11F7N2O3S. The Kier molecular flexibility index (Phi) is 5.15. The smallest absolute Gasteiger partial charge is 0.382 e. The fraction of sp³-hybridized carbons (Fsp3) is 0.353. The molecule has 0 amide bonds. The zero-order chi connectivity index (χ0) is 22.6. The van der Waals surface area contributed by atoms with Crippen LogP contribution in [0.2, 0.25) is 0 Å². The van der Waals surface area contributed by atoms with Crippen LogP contribution >= 0.6 is 0 Å². The first-order valence-corrected chi connectivity index (χ1v) is 9.64. The molecule has 3 rings (SSSR count). The van der Waals surface area contributed by atoms with Crippen LogP contribution in [0.3, 0.4) is 0 Å². The molecule has 1 aromatic carbocycles. The van der Waals surface area contributed by atoms with Crippen LogP contribution in [0.1, 0.15) is 41.3 Å². The highest BCUT2D eigenvalue weighted by molar-refractivity contribution is 7.92. The highest BCUT2D eigenvalue weighted by Gasteiger charge is 2.54. The summed E-state index contributed by atoms with van der Waals surface area (Å²) in [5, 5.41) is 18.8. The Morgan fingerprint density at radius 1 is 1.27 bits per heavy atom. The van der Waals surface area contributed by atoms with E-state index in [1.54, 1.807) is 0 Å². The number of nitriles is 1. The van der Waals surface area contributed by atoms with E-state index >= 15 is 0 Å². The van der Waals surface area contributed by atoms with Gasteiger partial charge in [0, 0.05) is 35.1 Å². The highest BCUT2D eigenvalue weighted by atomic mass is 32.2. The second kappa shape index (κ2) is 6.98. The summed E-state index contributed by atoms with van der Waals surface area (Å²) in [5.41, 5.74) is -8.85. The molecule has 1 heterocycles. The molecule has 0 bridgehead atoms. The highest BCUT2D eigenvalue weighted by Crippen LogP contribution is 2.47. The van der Waals surface area contributed by atoms with Crippen LogP contribution in [-0.4, -0.2) is 29.5 Å². The molecule has 0 spiro atoms. The van der Waals surface area contributed by atoms with Gasteiger partial charge in [-0.1, -0.05) is 0 Å². The Bertz CT molecular complexity index is 1150. The maximum atomic E-state index is 14.0. The molecule has 1 atom stereocenters. The van der Waals surface area contributed by atoms with Crippen molar-refractivity contribution in [2.75, 3.05) is 0 Å². The summed E-state index contributed by atoms with van der Waals surface area (Å²) >= 11 is 0. The molecule has 0 fully saturated rings. The van der Waals surface area contributed by atoms with Crippen LogP contribution < -0.4 is 0 Å². The van der Waals surface area contributed by atoms with Crippen molar-refractivity contribution in [3.05, 3.63) is 46.8 Å². The minimum atomic E-state index is -6.14. The van der Waals surface area contributed by atoms with E-state index in [0.29, 0.717) is 6.20 Å². The third kappa shape index (κ3) is 3.33. The molecule has 0 saturated carbocycles. The number of hydrogen-bond donors (Lipinski definition) is 1. The molecule has 0 saturated heterocycles. The molecule has 2 aromatic rings. The van der Waals surface area contributed by atoms with E-state index in [0.717, 1.165) is 22.8 Å². The Hall–Kier alpha value is -2.59. The summed E-state index contributed by atoms with van der Waals surface area (Å²) < 4.78 is 118. The number of benzene rings is 1. The van der Waals surface area contributed by atoms with E-state index in [4.69, 9.17) is 5.26 Å². The fourth-order valence-electron chi connectivity index (χ4n) is 3.27. The predicted octanol–water partition coefficient (Wildman–Crippen LogP) is 4.19. The zero-order valence-electron chi connectivity index (χ0n) is 14.6. The van der Waals surface area contributed by atoms with Crippen molar-refractivity contribution in [3.8, 4) is 11.8 Å². The van der Waals surface area contributed by atoms with Crippen molar-refractivity contribution >= 4 is 9.84 Å². The molecule has 1 aliphatic carbocycles. The lowest BCUT2D eigenvalue weighted by Crippen LogP contribution is -2.34. The number of aliphatic hydroxyl groups is 1. The number of halogens is 7. The van der Waals surface area contributed by atoms with Gasteiger partial charge in [-0.05, 0) is 24.6 Å². The number of nitrogens with zero attached hydrogens (tertiary/aromatic N) is 2. The van der Waals surface area contributed by atoms with Crippen molar-refractivity contribution < 1.29 is 44.3 Å². The van der Waals surface area contributed by atoms with Crippen molar-refractivity contribution in [2.24, 2.45) is 0 Å². The lowest BCUT2D eigenvalue weighted by atomic mass is 9.91. The minimum absolute atomic E-state index is 0.276. The first-order chi connectivity index (χ1) is 13.7. The number of aliphatic hydroxyl groups excluding tert-OH is 1. The third-order valence-corrected chi connectivity index (χ3v) is 6.26. The summed E-state index contributed by atoms with van der Waals surface area (Å²) in [4.78, 5) is -1.58. The van der Waals surface area contributed by atoms with Gasteiger partial charge in [-0.3, -0.25) is 0 Å². The monoisotopic (exact) mass is 456 g/mol. The van der Waals surface area contributed by atoms with Gasteiger partial charge < -0.3 is 9.67 Å². The number of alkyl halides is 7. The first-order valence-electron chi connectivity index (χ1n) is 8.16. The molecule has 1 N–H and O–H groups in total. The normalized spacial score (nSPS) is 18.9. The molecular weight excluding hydrogens is 445 g/mol. The SMILES string of the molecule is N#Cc1ccc(-n2cc(S(=O)(=O)C(F)(F)F)c3c2CCC(F)(F)[C@H]3O)cc1C(F)F. The van der Waals surface area contributed by atoms with Gasteiger partial charge in [-0.2, -0.15) is 18.4 Å². The van der Waals surface area contributed by atoms with Gasteiger partial charge in [-0.15, -0.1) is 0 Å². The number of rotatable bonds is 3. The fourth-order valence-corrected chi connectivity index (χ4v) is 4.28. The lowest BCUT2D eigenvalue weighted by molar-refractivity contribution is -0.123. The molecule has 5 nitrogen and oxygen atoms in total. The number of hydrogen-bond acceptors (Lipinski definition) is 4. The third-order valence-electron chi connectivity index (χ3n) is 4.75. The van der Waals surface area contributed by atoms with Crippen LogP contribution in [-0.2, 0) is 16.3 Å². The van der Waals surface area contributed by atoms with Crippen LogP contribution in [0.5, 0.6) is 0 Å². The Morgan fingerprint density at radius 2 is 1.90 bits per heavy atom. The van der Waals surface area contributed by atoms with Gasteiger partial charge in [0.2, 0.25) is 0 Å². The summed E-state index contributed by atoms with van der Waals surface area (Å²) in [6, 6.07) is 4.24. The molecule has 1 aromatic heterocycles. The van der Waals surface area contributed by atoms with E-state index in [1.807, 2.05) is 0 Å². The summed E-state index contributed by atoms with van der Waals surface area (Å²) in [5.74, 6) is -3.89. The van der Waals surface area contributed by atoms with Gasteiger partial charge in [-0.25, -0.2) is 26.0 Å². The molecule has 0 unspecified atom stereocenters. The molecule has 30 heavy (non-hydrogen) atoms. The second-order valence-corrected chi connectivity index (χ2v) is 8.43. The largest absolute Gasteiger partial charge is 0.501 e. The van der Waals surface area contributed by atoms with E-state index in [1.165, 1.54) is 6.07 Å². The van der Waals surface area contributed by atoms with Gasteiger partial charge >= 0.3 is 5.51 Å². The first kappa shape index (κ1) is 22.1.